The van der Waals surface area contributed by atoms with E-state index in [1.807, 2.05) is 0 Å². The van der Waals surface area contributed by atoms with Crippen molar-refractivity contribution in [3.05, 3.63) is 156 Å². The summed E-state index contributed by atoms with van der Waals surface area (Å²) < 4.78 is 1.07. The fourth-order valence-corrected chi connectivity index (χ4v) is 6.21. The highest BCUT2D eigenvalue weighted by atomic mass is 79.9. The molecule has 0 aliphatic carbocycles. The van der Waals surface area contributed by atoms with Gasteiger partial charge in [0.05, 0.1) is 0 Å². The fourth-order valence-electron chi connectivity index (χ4n) is 5.81. The molecule has 7 rings (SSSR count). The first-order valence-corrected chi connectivity index (χ1v) is 14.0. The van der Waals surface area contributed by atoms with Crippen LogP contribution >= 0.6 is 15.9 Å². The van der Waals surface area contributed by atoms with Crippen LogP contribution in [0.5, 0.6) is 0 Å². The molecular formula is C38H25Br. The first-order chi connectivity index (χ1) is 19.3. The van der Waals surface area contributed by atoms with E-state index in [0.29, 0.717) is 0 Å². The highest BCUT2D eigenvalue weighted by Crippen LogP contribution is 2.51. The molecule has 0 bridgehead atoms. The van der Waals surface area contributed by atoms with E-state index >= 15 is 0 Å². The minimum absolute atomic E-state index is 1.07. The Balaban J connectivity index is 1.80. The molecule has 184 valence electrons. The van der Waals surface area contributed by atoms with Crippen molar-refractivity contribution in [1.82, 2.24) is 0 Å². The molecule has 0 unspecified atom stereocenters. The van der Waals surface area contributed by atoms with Crippen molar-refractivity contribution in [2.75, 3.05) is 0 Å². The second kappa shape index (κ2) is 10.0. The van der Waals surface area contributed by atoms with E-state index in [9.17, 15) is 0 Å². The van der Waals surface area contributed by atoms with Gasteiger partial charge in [0.25, 0.3) is 0 Å². The topological polar surface area (TPSA) is 0 Å². The lowest BCUT2D eigenvalue weighted by Crippen LogP contribution is -1.97. The van der Waals surface area contributed by atoms with E-state index < -0.39 is 0 Å². The third kappa shape index (κ3) is 4.26. The molecule has 0 atom stereocenters. The lowest BCUT2D eigenvalue weighted by Gasteiger charge is -2.24. The second-order valence-corrected chi connectivity index (χ2v) is 10.8. The van der Waals surface area contributed by atoms with Crippen molar-refractivity contribution >= 4 is 37.5 Å². The lowest BCUT2D eigenvalue weighted by molar-refractivity contribution is 1.56. The average Bonchev–Trinajstić information content (AvgIpc) is 3.00. The first kappa shape index (κ1) is 23.6. The summed E-state index contributed by atoms with van der Waals surface area (Å²) in [5, 5.41) is 5.00. The smallest absolute Gasteiger partial charge is 0.0181 e. The van der Waals surface area contributed by atoms with Gasteiger partial charge in [-0.15, -0.1) is 0 Å². The molecule has 0 fully saturated rings. The van der Waals surface area contributed by atoms with Gasteiger partial charge in [-0.25, -0.2) is 0 Å². The summed E-state index contributed by atoms with van der Waals surface area (Å²) in [6.45, 7) is 0. The first-order valence-electron chi connectivity index (χ1n) is 13.2. The molecule has 0 aromatic heterocycles. The summed E-state index contributed by atoms with van der Waals surface area (Å²) in [4.78, 5) is 0. The highest BCUT2D eigenvalue weighted by molar-refractivity contribution is 9.10. The van der Waals surface area contributed by atoms with Crippen LogP contribution in [-0.4, -0.2) is 0 Å². The zero-order chi connectivity index (χ0) is 26.2. The number of rotatable bonds is 4. The van der Waals surface area contributed by atoms with Gasteiger partial charge in [0, 0.05) is 4.47 Å². The van der Waals surface area contributed by atoms with Gasteiger partial charge in [0.15, 0.2) is 0 Å². The third-order valence-electron chi connectivity index (χ3n) is 7.48. The van der Waals surface area contributed by atoms with Crippen molar-refractivity contribution in [1.29, 1.82) is 0 Å². The van der Waals surface area contributed by atoms with E-state index in [-0.39, 0.29) is 0 Å². The lowest BCUT2D eigenvalue weighted by atomic mass is 9.78. The van der Waals surface area contributed by atoms with Crippen molar-refractivity contribution in [2.24, 2.45) is 0 Å². The third-order valence-corrected chi connectivity index (χ3v) is 7.97. The molecule has 0 radical (unpaired) electrons. The summed E-state index contributed by atoms with van der Waals surface area (Å²) in [5.74, 6) is 0. The minimum atomic E-state index is 1.07. The van der Waals surface area contributed by atoms with Crippen LogP contribution in [0.25, 0.3) is 66.1 Å². The Morgan fingerprint density at radius 3 is 1.15 bits per heavy atom. The van der Waals surface area contributed by atoms with E-state index in [1.54, 1.807) is 0 Å². The summed E-state index contributed by atoms with van der Waals surface area (Å²) in [6.07, 6.45) is 0. The van der Waals surface area contributed by atoms with Crippen LogP contribution in [0.3, 0.4) is 0 Å². The van der Waals surface area contributed by atoms with E-state index in [1.165, 1.54) is 66.1 Å². The second-order valence-electron chi connectivity index (χ2n) is 9.85. The Bertz CT molecular complexity index is 1940. The van der Waals surface area contributed by atoms with Crippen molar-refractivity contribution in [2.45, 2.75) is 0 Å². The molecular weight excluding hydrogens is 536 g/mol. The number of benzene rings is 7. The molecule has 0 saturated carbocycles. The maximum atomic E-state index is 3.76. The Labute approximate surface area is 237 Å². The molecule has 0 spiro atoms. The van der Waals surface area contributed by atoms with Gasteiger partial charge in [-0.2, -0.15) is 0 Å². The summed E-state index contributed by atoms with van der Waals surface area (Å²) >= 11 is 3.76. The zero-order valence-electron chi connectivity index (χ0n) is 21.3. The number of fused-ring (bicyclic) bond motifs is 2. The summed E-state index contributed by atoms with van der Waals surface area (Å²) in [5.41, 5.74) is 9.85. The largest absolute Gasteiger partial charge is 0.0622 e. The van der Waals surface area contributed by atoms with Crippen LogP contribution in [0.2, 0.25) is 0 Å². The molecule has 0 saturated heterocycles. The molecule has 0 N–H and O–H groups in total. The number of hydrogen-bond donors (Lipinski definition) is 0. The van der Waals surface area contributed by atoms with Crippen LogP contribution in [-0.2, 0) is 0 Å². The molecule has 0 heterocycles. The predicted molar refractivity (Wildman–Crippen MR) is 171 cm³/mol. The maximum absolute atomic E-state index is 3.76. The molecule has 0 aliphatic rings. The molecule has 1 heteroatoms. The number of halogens is 1. The van der Waals surface area contributed by atoms with Gasteiger partial charge < -0.3 is 0 Å². The monoisotopic (exact) mass is 560 g/mol. The zero-order valence-corrected chi connectivity index (χ0v) is 22.9. The van der Waals surface area contributed by atoms with Crippen molar-refractivity contribution in [3.63, 3.8) is 0 Å². The molecule has 39 heavy (non-hydrogen) atoms. The Morgan fingerprint density at radius 2 is 0.692 bits per heavy atom. The van der Waals surface area contributed by atoms with Gasteiger partial charge in [0.2, 0.25) is 0 Å². The fraction of sp³-hybridized carbons (Fsp3) is 0. The maximum Gasteiger partial charge on any atom is 0.0181 e. The van der Waals surface area contributed by atoms with Crippen LogP contribution < -0.4 is 0 Å². The van der Waals surface area contributed by atoms with Crippen LogP contribution in [0.15, 0.2) is 156 Å². The van der Waals surface area contributed by atoms with E-state index in [0.717, 1.165) is 4.47 Å². The quantitative estimate of drug-likeness (QED) is 0.188. The van der Waals surface area contributed by atoms with Crippen LogP contribution in [0.1, 0.15) is 0 Å². The van der Waals surface area contributed by atoms with Gasteiger partial charge in [0.1, 0.15) is 0 Å². The average molecular weight is 562 g/mol. The van der Waals surface area contributed by atoms with E-state index in [4.69, 9.17) is 0 Å². The van der Waals surface area contributed by atoms with Gasteiger partial charge in [-0.3, -0.25) is 0 Å². The van der Waals surface area contributed by atoms with Gasteiger partial charge >= 0.3 is 0 Å². The summed E-state index contributed by atoms with van der Waals surface area (Å²) in [6, 6.07) is 54.7. The molecule has 7 aromatic rings. The Morgan fingerprint density at radius 1 is 0.308 bits per heavy atom. The Kier molecular flexibility index (Phi) is 6.07. The Hall–Kier alpha value is -4.46. The SMILES string of the molecule is Brc1cccc(-c2c(-c3ccccc3)c(-c3ccccc3)c(-c3ccccc3)c3cc4ccccc4cc23)c1. The predicted octanol–water partition coefficient (Wildman–Crippen LogP) is 11.4. The van der Waals surface area contributed by atoms with Gasteiger partial charge in [-0.1, -0.05) is 143 Å². The summed E-state index contributed by atoms with van der Waals surface area (Å²) in [7, 11) is 0. The molecule has 0 amide bonds. The molecule has 7 aromatic carbocycles. The standard InChI is InChI=1S/C38H25Br/c39-32-22-12-21-31(23-32)36-34-25-30-20-11-10-19-29(30)24-33(34)35(26-13-4-1-5-14-26)37(27-15-6-2-7-16-27)38(36)28-17-8-3-9-18-28/h1-25H. The van der Waals surface area contributed by atoms with E-state index in [2.05, 4.69) is 168 Å². The highest BCUT2D eigenvalue weighted by Gasteiger charge is 2.24. The minimum Gasteiger partial charge on any atom is -0.0622 e. The molecule has 0 aliphatic heterocycles. The van der Waals surface area contributed by atoms with Gasteiger partial charge in [-0.05, 0) is 90.3 Å². The van der Waals surface area contributed by atoms with Crippen molar-refractivity contribution < 1.29 is 0 Å². The van der Waals surface area contributed by atoms with Crippen LogP contribution in [0.4, 0.5) is 0 Å². The number of hydrogen-bond acceptors (Lipinski definition) is 0. The normalized spacial score (nSPS) is 11.2. The molecule has 0 nitrogen and oxygen atoms in total. The van der Waals surface area contributed by atoms with Crippen molar-refractivity contribution in [3.8, 4) is 44.5 Å². The van der Waals surface area contributed by atoms with Crippen LogP contribution in [0, 0.1) is 0 Å².